The van der Waals surface area contributed by atoms with Gasteiger partial charge in [0.25, 0.3) is 0 Å². The number of piperidine rings is 1. The molecule has 1 saturated heterocycles. The standard InChI is InChI=1S/C10H18N4O/c1-13-8-11-12-10(13)6-14-4-2-9(7-15)3-5-14/h8-9,15H,2-7H2,1H3. The van der Waals surface area contributed by atoms with Crippen LogP contribution in [0.5, 0.6) is 0 Å². The molecule has 0 aliphatic carbocycles. The van der Waals surface area contributed by atoms with E-state index in [0.717, 1.165) is 38.3 Å². The highest BCUT2D eigenvalue weighted by atomic mass is 16.3. The van der Waals surface area contributed by atoms with Gasteiger partial charge in [-0.25, -0.2) is 0 Å². The van der Waals surface area contributed by atoms with Crippen molar-refractivity contribution in [2.24, 2.45) is 13.0 Å². The monoisotopic (exact) mass is 210 g/mol. The Balaban J connectivity index is 1.85. The van der Waals surface area contributed by atoms with Crippen LogP contribution in [0.4, 0.5) is 0 Å². The zero-order valence-corrected chi connectivity index (χ0v) is 9.13. The number of hydrogen-bond acceptors (Lipinski definition) is 4. The number of aromatic nitrogens is 3. The van der Waals surface area contributed by atoms with Gasteiger partial charge in [-0.3, -0.25) is 4.90 Å². The molecule has 0 unspecified atom stereocenters. The Labute approximate surface area is 89.7 Å². The summed E-state index contributed by atoms with van der Waals surface area (Å²) in [6.45, 7) is 3.31. The predicted octanol–water partition coefficient (Wildman–Crippen LogP) is 0.0194. The number of rotatable bonds is 3. The second-order valence-corrected chi connectivity index (χ2v) is 4.26. The Bertz CT molecular complexity index is 304. The van der Waals surface area contributed by atoms with Crippen molar-refractivity contribution >= 4 is 0 Å². The van der Waals surface area contributed by atoms with Crippen LogP contribution >= 0.6 is 0 Å². The number of aryl methyl sites for hydroxylation is 1. The molecule has 0 saturated carbocycles. The second kappa shape index (κ2) is 4.72. The molecule has 5 nitrogen and oxygen atoms in total. The van der Waals surface area contributed by atoms with Crippen molar-refractivity contribution in [1.82, 2.24) is 19.7 Å². The highest BCUT2D eigenvalue weighted by Gasteiger charge is 2.19. The van der Waals surface area contributed by atoms with Gasteiger partial charge in [0.1, 0.15) is 12.2 Å². The van der Waals surface area contributed by atoms with Gasteiger partial charge in [0.2, 0.25) is 0 Å². The molecule has 15 heavy (non-hydrogen) atoms. The van der Waals surface area contributed by atoms with E-state index in [9.17, 15) is 0 Å². The summed E-state index contributed by atoms with van der Waals surface area (Å²) in [7, 11) is 1.97. The summed E-state index contributed by atoms with van der Waals surface area (Å²) >= 11 is 0. The van der Waals surface area contributed by atoms with Gasteiger partial charge < -0.3 is 9.67 Å². The lowest BCUT2D eigenvalue weighted by molar-refractivity contribution is 0.125. The third-order valence-corrected chi connectivity index (χ3v) is 3.14. The molecule has 1 aromatic heterocycles. The number of likely N-dealkylation sites (tertiary alicyclic amines) is 1. The summed E-state index contributed by atoms with van der Waals surface area (Å²) in [6, 6.07) is 0. The molecular formula is C10H18N4O. The van der Waals surface area contributed by atoms with Gasteiger partial charge in [0, 0.05) is 13.7 Å². The quantitative estimate of drug-likeness (QED) is 0.764. The Morgan fingerprint density at radius 3 is 2.73 bits per heavy atom. The summed E-state index contributed by atoms with van der Waals surface area (Å²) in [5.41, 5.74) is 0. The maximum absolute atomic E-state index is 9.03. The fourth-order valence-corrected chi connectivity index (χ4v) is 1.98. The maximum atomic E-state index is 9.03. The Hall–Kier alpha value is -0.940. The molecule has 1 fully saturated rings. The van der Waals surface area contributed by atoms with Crippen molar-refractivity contribution in [1.29, 1.82) is 0 Å². The lowest BCUT2D eigenvalue weighted by Crippen LogP contribution is -2.34. The highest BCUT2D eigenvalue weighted by Crippen LogP contribution is 2.17. The largest absolute Gasteiger partial charge is 0.396 e. The minimum absolute atomic E-state index is 0.331. The summed E-state index contributed by atoms with van der Waals surface area (Å²) in [4.78, 5) is 2.37. The van der Waals surface area contributed by atoms with Crippen LogP contribution in [-0.4, -0.2) is 44.5 Å². The first-order valence-corrected chi connectivity index (χ1v) is 5.45. The van der Waals surface area contributed by atoms with E-state index < -0.39 is 0 Å². The molecule has 1 aromatic rings. The van der Waals surface area contributed by atoms with Crippen molar-refractivity contribution in [3.8, 4) is 0 Å². The van der Waals surface area contributed by atoms with Gasteiger partial charge in [-0.15, -0.1) is 10.2 Å². The van der Waals surface area contributed by atoms with E-state index in [0.29, 0.717) is 12.5 Å². The molecular weight excluding hydrogens is 192 g/mol. The van der Waals surface area contributed by atoms with Gasteiger partial charge in [0.05, 0.1) is 6.54 Å². The average molecular weight is 210 g/mol. The zero-order chi connectivity index (χ0) is 10.7. The molecule has 0 spiro atoms. The summed E-state index contributed by atoms with van der Waals surface area (Å²) < 4.78 is 1.96. The van der Waals surface area contributed by atoms with Crippen molar-refractivity contribution < 1.29 is 5.11 Å². The molecule has 1 aliphatic heterocycles. The second-order valence-electron chi connectivity index (χ2n) is 4.26. The van der Waals surface area contributed by atoms with Crippen molar-refractivity contribution in [3.05, 3.63) is 12.2 Å². The SMILES string of the molecule is Cn1cnnc1CN1CCC(CO)CC1. The first kappa shape index (κ1) is 10.6. The number of nitrogens with zero attached hydrogens (tertiary/aromatic N) is 4. The van der Waals surface area contributed by atoms with Crippen LogP contribution in [0, 0.1) is 5.92 Å². The highest BCUT2D eigenvalue weighted by molar-refractivity contribution is 4.85. The lowest BCUT2D eigenvalue weighted by Gasteiger charge is -2.30. The third-order valence-electron chi connectivity index (χ3n) is 3.14. The molecule has 1 aliphatic rings. The molecule has 0 amide bonds. The van der Waals surface area contributed by atoms with E-state index in [4.69, 9.17) is 5.11 Å². The van der Waals surface area contributed by atoms with E-state index in [1.165, 1.54) is 0 Å². The molecule has 2 heterocycles. The van der Waals surface area contributed by atoms with E-state index in [1.807, 2.05) is 11.6 Å². The average Bonchev–Trinajstić information content (AvgIpc) is 2.66. The minimum Gasteiger partial charge on any atom is -0.396 e. The molecule has 2 rings (SSSR count). The van der Waals surface area contributed by atoms with Crippen LogP contribution in [-0.2, 0) is 13.6 Å². The predicted molar refractivity (Wildman–Crippen MR) is 56.1 cm³/mol. The number of hydrogen-bond donors (Lipinski definition) is 1. The molecule has 0 aromatic carbocycles. The smallest absolute Gasteiger partial charge is 0.146 e. The van der Waals surface area contributed by atoms with E-state index in [1.54, 1.807) is 6.33 Å². The maximum Gasteiger partial charge on any atom is 0.146 e. The number of aliphatic hydroxyl groups excluding tert-OH is 1. The van der Waals surface area contributed by atoms with Crippen LogP contribution in [0.2, 0.25) is 0 Å². The summed E-state index contributed by atoms with van der Waals surface area (Å²) in [6.07, 6.45) is 3.92. The molecule has 0 atom stereocenters. The normalized spacial score (nSPS) is 19.6. The Morgan fingerprint density at radius 2 is 2.20 bits per heavy atom. The van der Waals surface area contributed by atoms with Gasteiger partial charge >= 0.3 is 0 Å². The summed E-state index contributed by atoms with van der Waals surface area (Å²) in [5, 5.41) is 17.0. The van der Waals surface area contributed by atoms with E-state index in [2.05, 4.69) is 15.1 Å². The van der Waals surface area contributed by atoms with E-state index >= 15 is 0 Å². The van der Waals surface area contributed by atoms with Crippen LogP contribution < -0.4 is 0 Å². The fraction of sp³-hybridized carbons (Fsp3) is 0.800. The first-order valence-electron chi connectivity index (χ1n) is 5.45. The van der Waals surface area contributed by atoms with Crippen LogP contribution in [0.3, 0.4) is 0 Å². The third kappa shape index (κ3) is 2.54. The van der Waals surface area contributed by atoms with Crippen LogP contribution in [0.1, 0.15) is 18.7 Å². The molecule has 0 radical (unpaired) electrons. The van der Waals surface area contributed by atoms with Crippen molar-refractivity contribution in [3.63, 3.8) is 0 Å². The van der Waals surface area contributed by atoms with Gasteiger partial charge in [-0.2, -0.15) is 0 Å². The van der Waals surface area contributed by atoms with Gasteiger partial charge in [-0.05, 0) is 31.8 Å². The van der Waals surface area contributed by atoms with Crippen LogP contribution in [0.25, 0.3) is 0 Å². The Morgan fingerprint density at radius 1 is 1.47 bits per heavy atom. The number of aliphatic hydroxyl groups is 1. The van der Waals surface area contributed by atoms with Crippen LogP contribution in [0.15, 0.2) is 6.33 Å². The lowest BCUT2D eigenvalue weighted by atomic mass is 9.98. The van der Waals surface area contributed by atoms with E-state index in [-0.39, 0.29) is 0 Å². The molecule has 5 heteroatoms. The first-order chi connectivity index (χ1) is 7.29. The van der Waals surface area contributed by atoms with Gasteiger partial charge in [-0.1, -0.05) is 0 Å². The molecule has 84 valence electrons. The molecule has 1 N–H and O–H groups in total. The molecule has 0 bridgehead atoms. The minimum atomic E-state index is 0.331. The van der Waals surface area contributed by atoms with Gasteiger partial charge in [0.15, 0.2) is 0 Å². The topological polar surface area (TPSA) is 54.2 Å². The Kier molecular flexibility index (Phi) is 3.33. The van der Waals surface area contributed by atoms with Crippen molar-refractivity contribution in [2.75, 3.05) is 19.7 Å². The fourth-order valence-electron chi connectivity index (χ4n) is 1.98. The van der Waals surface area contributed by atoms with Crippen molar-refractivity contribution in [2.45, 2.75) is 19.4 Å². The zero-order valence-electron chi connectivity index (χ0n) is 9.13. The summed E-state index contributed by atoms with van der Waals surface area (Å²) in [5.74, 6) is 1.51.